The molecule has 1 aliphatic rings. The fraction of sp³-hybridized carbons (Fsp3) is 0.333. The van der Waals surface area contributed by atoms with Crippen molar-refractivity contribution in [2.24, 2.45) is 0 Å². The van der Waals surface area contributed by atoms with Gasteiger partial charge >= 0.3 is 11.9 Å². The van der Waals surface area contributed by atoms with E-state index in [-0.39, 0.29) is 0 Å². The smallest absolute Gasteiger partial charge is 0.345 e. The van der Waals surface area contributed by atoms with Crippen molar-refractivity contribution < 1.29 is 19.8 Å². The van der Waals surface area contributed by atoms with Gasteiger partial charge in [0.15, 0.2) is 0 Å². The van der Waals surface area contributed by atoms with Crippen molar-refractivity contribution in [3.8, 4) is 0 Å². The summed E-state index contributed by atoms with van der Waals surface area (Å²) in [6.07, 6.45) is 4.80. The van der Waals surface area contributed by atoms with Gasteiger partial charge < -0.3 is 15.5 Å². The molecule has 0 radical (unpaired) electrons. The van der Waals surface area contributed by atoms with Gasteiger partial charge in [0.05, 0.1) is 0 Å². The average molecular weight is 197 g/mol. The lowest BCUT2D eigenvalue weighted by atomic mass is 9.95. The van der Waals surface area contributed by atoms with Crippen LogP contribution in [0, 0.1) is 0 Å². The summed E-state index contributed by atoms with van der Waals surface area (Å²) >= 11 is 0. The van der Waals surface area contributed by atoms with Crippen LogP contribution in [0.1, 0.15) is 13.3 Å². The molecule has 76 valence electrons. The molecule has 3 N–H and O–H groups in total. The first-order chi connectivity index (χ1) is 6.53. The van der Waals surface area contributed by atoms with Crippen molar-refractivity contribution in [3.63, 3.8) is 0 Å². The molecule has 1 heterocycles. The lowest BCUT2D eigenvalue weighted by Crippen LogP contribution is -2.55. The maximum Gasteiger partial charge on any atom is 0.345 e. The Labute approximate surface area is 80.7 Å². The van der Waals surface area contributed by atoms with E-state index in [9.17, 15) is 9.59 Å². The number of hydrogen-bond donors (Lipinski definition) is 3. The third-order valence-electron chi connectivity index (χ3n) is 2.12. The standard InChI is InChI=1S/C9H11NO4/c1-2-6-3-4-9(7(11)12,8(13)14)10-5-6/h3-5,10H,2H2,1H3,(H,11,12)(H,13,14). The van der Waals surface area contributed by atoms with Gasteiger partial charge in [0, 0.05) is 6.20 Å². The number of allylic oxidation sites excluding steroid dienone is 2. The minimum atomic E-state index is -2.02. The maximum atomic E-state index is 10.8. The minimum Gasteiger partial charge on any atom is -0.479 e. The summed E-state index contributed by atoms with van der Waals surface area (Å²) in [5.41, 5.74) is -1.15. The van der Waals surface area contributed by atoms with Crippen molar-refractivity contribution in [2.75, 3.05) is 0 Å². The van der Waals surface area contributed by atoms with E-state index in [1.807, 2.05) is 6.92 Å². The number of aliphatic carboxylic acids is 2. The van der Waals surface area contributed by atoms with Crippen LogP contribution in [-0.2, 0) is 9.59 Å². The average Bonchev–Trinajstić information content (AvgIpc) is 2.17. The molecule has 0 amide bonds. The zero-order valence-corrected chi connectivity index (χ0v) is 7.65. The highest BCUT2D eigenvalue weighted by molar-refractivity contribution is 6.06. The van der Waals surface area contributed by atoms with Gasteiger partial charge in [-0.05, 0) is 18.1 Å². The second-order valence-corrected chi connectivity index (χ2v) is 2.97. The van der Waals surface area contributed by atoms with Gasteiger partial charge in [0.1, 0.15) is 0 Å². The first-order valence-corrected chi connectivity index (χ1v) is 4.15. The molecule has 0 saturated carbocycles. The first kappa shape index (κ1) is 10.3. The summed E-state index contributed by atoms with van der Waals surface area (Å²) in [4.78, 5) is 21.6. The van der Waals surface area contributed by atoms with E-state index in [0.29, 0.717) is 0 Å². The summed E-state index contributed by atoms with van der Waals surface area (Å²) in [5.74, 6) is -2.85. The Morgan fingerprint density at radius 2 is 2.00 bits per heavy atom. The summed E-state index contributed by atoms with van der Waals surface area (Å²) in [7, 11) is 0. The highest BCUT2D eigenvalue weighted by atomic mass is 16.4. The van der Waals surface area contributed by atoms with Gasteiger partial charge in [0.25, 0.3) is 5.54 Å². The Balaban J connectivity index is 2.99. The number of nitrogens with one attached hydrogen (secondary N) is 1. The fourth-order valence-electron chi connectivity index (χ4n) is 1.11. The molecule has 0 aromatic carbocycles. The van der Waals surface area contributed by atoms with Crippen LogP contribution in [0.25, 0.3) is 0 Å². The minimum absolute atomic E-state index is 0.721. The maximum absolute atomic E-state index is 10.8. The normalized spacial score (nSPS) is 18.2. The van der Waals surface area contributed by atoms with Crippen LogP contribution in [0.4, 0.5) is 0 Å². The Bertz CT molecular complexity index is 316. The van der Waals surface area contributed by atoms with Crippen LogP contribution in [-0.4, -0.2) is 27.7 Å². The predicted molar refractivity (Wildman–Crippen MR) is 48.7 cm³/mol. The van der Waals surface area contributed by atoms with E-state index in [4.69, 9.17) is 10.2 Å². The van der Waals surface area contributed by atoms with Crippen LogP contribution in [0.15, 0.2) is 23.9 Å². The van der Waals surface area contributed by atoms with E-state index < -0.39 is 17.5 Å². The molecule has 0 saturated heterocycles. The van der Waals surface area contributed by atoms with Gasteiger partial charge in [-0.25, -0.2) is 9.59 Å². The number of carboxylic acid groups (broad SMARTS) is 2. The van der Waals surface area contributed by atoms with Crippen LogP contribution < -0.4 is 5.32 Å². The highest BCUT2D eigenvalue weighted by Crippen LogP contribution is 2.16. The number of dihydropyridines is 1. The van der Waals surface area contributed by atoms with E-state index in [0.717, 1.165) is 18.1 Å². The van der Waals surface area contributed by atoms with Crippen molar-refractivity contribution in [1.29, 1.82) is 0 Å². The fourth-order valence-corrected chi connectivity index (χ4v) is 1.11. The summed E-state index contributed by atoms with van der Waals surface area (Å²) in [6, 6.07) is 0. The molecule has 0 aliphatic carbocycles. The summed E-state index contributed by atoms with van der Waals surface area (Å²) in [6.45, 7) is 1.90. The Kier molecular flexibility index (Phi) is 2.60. The second-order valence-electron chi connectivity index (χ2n) is 2.97. The SMILES string of the molecule is CCC1=CNC(C(=O)O)(C(=O)O)C=C1. The van der Waals surface area contributed by atoms with Crippen LogP contribution in [0.3, 0.4) is 0 Å². The molecule has 1 rings (SSSR count). The van der Waals surface area contributed by atoms with Crippen molar-refractivity contribution in [1.82, 2.24) is 5.32 Å². The van der Waals surface area contributed by atoms with E-state index in [2.05, 4.69) is 5.32 Å². The van der Waals surface area contributed by atoms with Crippen LogP contribution >= 0.6 is 0 Å². The van der Waals surface area contributed by atoms with Crippen molar-refractivity contribution in [2.45, 2.75) is 18.9 Å². The first-order valence-electron chi connectivity index (χ1n) is 4.15. The summed E-state index contributed by atoms with van der Waals surface area (Å²) in [5, 5.41) is 20.0. The summed E-state index contributed by atoms with van der Waals surface area (Å²) < 4.78 is 0. The predicted octanol–water partition coefficient (Wildman–Crippen LogP) is 0.348. The molecule has 5 heteroatoms. The monoisotopic (exact) mass is 197 g/mol. The molecule has 0 unspecified atom stereocenters. The molecule has 0 spiro atoms. The molecule has 1 aliphatic heterocycles. The van der Waals surface area contributed by atoms with Crippen LogP contribution in [0.5, 0.6) is 0 Å². The third kappa shape index (κ3) is 1.48. The van der Waals surface area contributed by atoms with Gasteiger partial charge in [-0.1, -0.05) is 13.0 Å². The van der Waals surface area contributed by atoms with E-state index in [1.54, 1.807) is 0 Å². The largest absolute Gasteiger partial charge is 0.479 e. The number of rotatable bonds is 3. The second kappa shape index (κ2) is 3.53. The topological polar surface area (TPSA) is 86.6 Å². The molecular weight excluding hydrogens is 186 g/mol. The quantitative estimate of drug-likeness (QED) is 0.568. The molecule has 0 bridgehead atoms. The Morgan fingerprint density at radius 1 is 1.43 bits per heavy atom. The van der Waals surface area contributed by atoms with Crippen LogP contribution in [0.2, 0.25) is 0 Å². The number of hydrogen-bond acceptors (Lipinski definition) is 3. The molecule has 0 atom stereocenters. The molecule has 0 aromatic heterocycles. The van der Waals surface area contributed by atoms with Gasteiger partial charge in [-0.3, -0.25) is 0 Å². The van der Waals surface area contributed by atoms with Gasteiger partial charge in [-0.15, -0.1) is 0 Å². The lowest BCUT2D eigenvalue weighted by Gasteiger charge is -2.25. The highest BCUT2D eigenvalue weighted by Gasteiger charge is 2.44. The Morgan fingerprint density at radius 3 is 2.29 bits per heavy atom. The molecule has 0 fully saturated rings. The molecule has 14 heavy (non-hydrogen) atoms. The van der Waals surface area contributed by atoms with Crippen molar-refractivity contribution in [3.05, 3.63) is 23.9 Å². The molecule has 5 nitrogen and oxygen atoms in total. The number of carbonyl (C=O) groups is 2. The van der Waals surface area contributed by atoms with Gasteiger partial charge in [0.2, 0.25) is 0 Å². The molecule has 0 aromatic rings. The van der Waals surface area contributed by atoms with Crippen molar-refractivity contribution >= 4 is 11.9 Å². The van der Waals surface area contributed by atoms with E-state index >= 15 is 0 Å². The zero-order chi connectivity index (χ0) is 10.8. The third-order valence-corrected chi connectivity index (χ3v) is 2.12. The number of carboxylic acids is 2. The molecular formula is C9H11NO4. The van der Waals surface area contributed by atoms with Gasteiger partial charge in [-0.2, -0.15) is 0 Å². The lowest BCUT2D eigenvalue weighted by molar-refractivity contribution is -0.155. The Hall–Kier alpha value is -1.78. The zero-order valence-electron chi connectivity index (χ0n) is 7.65. The van der Waals surface area contributed by atoms with E-state index in [1.165, 1.54) is 12.3 Å².